The maximum Gasteiger partial charge on any atom is 0.275 e. The van der Waals surface area contributed by atoms with Crippen molar-refractivity contribution in [2.75, 3.05) is 13.2 Å². The number of hydrogen-bond donors (Lipinski definition) is 0. The van der Waals surface area contributed by atoms with E-state index in [1.165, 1.54) is 0 Å². The quantitative estimate of drug-likeness (QED) is 0.359. The van der Waals surface area contributed by atoms with Crippen LogP contribution < -0.4 is 0 Å². The zero-order chi connectivity index (χ0) is 13.4. The number of rotatable bonds is 9. The van der Waals surface area contributed by atoms with Gasteiger partial charge in [-0.05, 0) is 6.42 Å². The second-order valence-electron chi connectivity index (χ2n) is 4.48. The number of ether oxygens (including phenoxy) is 2. The molecule has 0 amide bonds. The van der Waals surface area contributed by atoms with Gasteiger partial charge < -0.3 is 9.47 Å². The van der Waals surface area contributed by atoms with Crippen molar-refractivity contribution in [3.05, 3.63) is 10.1 Å². The molecule has 1 atom stereocenters. The monoisotopic (exact) mass is 259 g/mol. The van der Waals surface area contributed by atoms with Gasteiger partial charge in [-0.1, -0.05) is 26.2 Å². The maximum absolute atomic E-state index is 11.8. The number of carbonyl (C=O) groups is 1. The molecule has 0 N–H and O–H groups in total. The molecule has 0 aromatic carbocycles. The van der Waals surface area contributed by atoms with Gasteiger partial charge >= 0.3 is 0 Å². The van der Waals surface area contributed by atoms with Crippen molar-refractivity contribution in [1.82, 2.24) is 0 Å². The Morgan fingerprint density at radius 3 is 2.56 bits per heavy atom. The fourth-order valence-electron chi connectivity index (χ4n) is 1.95. The zero-order valence-corrected chi connectivity index (χ0v) is 10.8. The molecule has 0 spiro atoms. The molecule has 0 aliphatic carbocycles. The molecule has 1 unspecified atom stereocenters. The van der Waals surface area contributed by atoms with Gasteiger partial charge in [0, 0.05) is 11.3 Å². The summed E-state index contributed by atoms with van der Waals surface area (Å²) in [5.74, 6) is -0.310. The number of nitro groups is 1. The van der Waals surface area contributed by atoms with E-state index in [2.05, 4.69) is 6.92 Å². The van der Waals surface area contributed by atoms with Crippen molar-refractivity contribution in [3.63, 3.8) is 0 Å². The van der Waals surface area contributed by atoms with Gasteiger partial charge in [-0.2, -0.15) is 0 Å². The lowest BCUT2D eigenvalue weighted by molar-refractivity contribution is -0.511. The molecule has 1 heterocycles. The van der Waals surface area contributed by atoms with Gasteiger partial charge in [-0.15, -0.1) is 0 Å². The average molecular weight is 259 g/mol. The minimum atomic E-state index is -1.19. The molecule has 1 aliphatic rings. The van der Waals surface area contributed by atoms with Gasteiger partial charge in [0.2, 0.25) is 5.78 Å². The normalized spacial score (nSPS) is 17.8. The number of Topliss-reactive ketones (excluding diaryl/α,β-unsaturated/α-hetero) is 1. The predicted octanol–water partition coefficient (Wildman–Crippen LogP) is 1.93. The molecule has 0 bridgehead atoms. The first-order valence-electron chi connectivity index (χ1n) is 6.54. The molecule has 0 aromatic rings. The smallest absolute Gasteiger partial charge is 0.275 e. The summed E-state index contributed by atoms with van der Waals surface area (Å²) in [6, 6.07) is -1.19. The highest BCUT2D eigenvalue weighted by atomic mass is 16.7. The van der Waals surface area contributed by atoms with Crippen molar-refractivity contribution in [2.45, 2.75) is 57.8 Å². The van der Waals surface area contributed by atoms with Crippen LogP contribution in [-0.4, -0.2) is 36.3 Å². The lowest BCUT2D eigenvalue weighted by atomic mass is 10.0. The SMILES string of the molecule is CCCCCCC(=O)C(CC1OCCO1)[N+](=O)[O-]. The van der Waals surface area contributed by atoms with Crippen LogP contribution in [0.2, 0.25) is 0 Å². The molecule has 104 valence electrons. The Balaban J connectivity index is 2.35. The van der Waals surface area contributed by atoms with Crippen molar-refractivity contribution in [1.29, 1.82) is 0 Å². The number of nitrogens with zero attached hydrogens (tertiary/aromatic N) is 1. The number of hydrogen-bond acceptors (Lipinski definition) is 5. The molecule has 1 rings (SSSR count). The van der Waals surface area contributed by atoms with Gasteiger partial charge in [0.05, 0.1) is 19.6 Å². The van der Waals surface area contributed by atoms with Crippen molar-refractivity contribution >= 4 is 5.78 Å². The molecule has 6 heteroatoms. The van der Waals surface area contributed by atoms with Crippen LogP contribution in [-0.2, 0) is 14.3 Å². The summed E-state index contributed by atoms with van der Waals surface area (Å²) in [6.45, 7) is 2.97. The van der Waals surface area contributed by atoms with Gasteiger partial charge in [-0.25, -0.2) is 0 Å². The van der Waals surface area contributed by atoms with E-state index in [-0.39, 0.29) is 18.6 Å². The van der Waals surface area contributed by atoms with E-state index < -0.39 is 17.3 Å². The fraction of sp³-hybridized carbons (Fsp3) is 0.917. The Kier molecular flexibility index (Phi) is 6.82. The van der Waals surface area contributed by atoms with E-state index in [1.54, 1.807) is 0 Å². The summed E-state index contributed by atoms with van der Waals surface area (Å²) >= 11 is 0. The van der Waals surface area contributed by atoms with Crippen LogP contribution in [0.25, 0.3) is 0 Å². The Morgan fingerprint density at radius 2 is 2.00 bits per heavy atom. The van der Waals surface area contributed by atoms with Crippen LogP contribution >= 0.6 is 0 Å². The van der Waals surface area contributed by atoms with Crippen LogP contribution in [0.3, 0.4) is 0 Å². The Bertz CT molecular complexity index is 276. The number of ketones is 1. The summed E-state index contributed by atoms with van der Waals surface area (Å²) in [7, 11) is 0. The van der Waals surface area contributed by atoms with E-state index >= 15 is 0 Å². The maximum atomic E-state index is 11.8. The fourth-order valence-corrected chi connectivity index (χ4v) is 1.95. The summed E-state index contributed by atoms with van der Waals surface area (Å²) in [5.41, 5.74) is 0. The number of unbranched alkanes of at least 4 members (excludes halogenated alkanes) is 3. The topological polar surface area (TPSA) is 78.7 Å². The Labute approximate surface area is 107 Å². The Morgan fingerprint density at radius 1 is 1.33 bits per heavy atom. The third-order valence-electron chi connectivity index (χ3n) is 3.01. The zero-order valence-electron chi connectivity index (χ0n) is 10.8. The van der Waals surface area contributed by atoms with E-state index in [0.29, 0.717) is 13.2 Å². The van der Waals surface area contributed by atoms with Crippen LogP contribution in [0, 0.1) is 10.1 Å². The van der Waals surface area contributed by atoms with Gasteiger partial charge in [0.15, 0.2) is 6.29 Å². The third kappa shape index (κ3) is 5.10. The highest BCUT2D eigenvalue weighted by Crippen LogP contribution is 2.15. The summed E-state index contributed by atoms with van der Waals surface area (Å²) < 4.78 is 10.3. The first kappa shape index (κ1) is 15.0. The van der Waals surface area contributed by atoms with Crippen molar-refractivity contribution in [2.24, 2.45) is 0 Å². The molecule has 0 aromatic heterocycles. The molecule has 1 aliphatic heterocycles. The predicted molar refractivity (Wildman–Crippen MR) is 64.9 cm³/mol. The van der Waals surface area contributed by atoms with Gasteiger partial charge in [0.25, 0.3) is 6.04 Å². The number of carbonyl (C=O) groups excluding carboxylic acids is 1. The summed E-state index contributed by atoms with van der Waals surface area (Å²) in [6.07, 6.45) is 3.52. The first-order chi connectivity index (χ1) is 8.65. The molecule has 0 saturated carbocycles. The van der Waals surface area contributed by atoms with E-state index in [4.69, 9.17) is 9.47 Å². The van der Waals surface area contributed by atoms with E-state index in [0.717, 1.165) is 25.7 Å². The lowest BCUT2D eigenvalue weighted by Crippen LogP contribution is -2.33. The second-order valence-corrected chi connectivity index (χ2v) is 4.48. The lowest BCUT2D eigenvalue weighted by Gasteiger charge is -2.12. The molecular formula is C12H21NO5. The van der Waals surface area contributed by atoms with Crippen molar-refractivity contribution < 1.29 is 19.2 Å². The first-order valence-corrected chi connectivity index (χ1v) is 6.54. The third-order valence-corrected chi connectivity index (χ3v) is 3.01. The minimum absolute atomic E-state index is 0.0274. The molecule has 1 saturated heterocycles. The van der Waals surface area contributed by atoms with Crippen LogP contribution in [0.4, 0.5) is 0 Å². The second kappa shape index (κ2) is 8.16. The highest BCUT2D eigenvalue weighted by molar-refractivity contribution is 5.82. The molecule has 6 nitrogen and oxygen atoms in total. The van der Waals surface area contributed by atoms with E-state index in [9.17, 15) is 14.9 Å². The molecule has 1 fully saturated rings. The minimum Gasteiger partial charge on any atom is -0.350 e. The van der Waals surface area contributed by atoms with Gasteiger partial charge in [0.1, 0.15) is 0 Å². The van der Waals surface area contributed by atoms with Crippen LogP contribution in [0.1, 0.15) is 45.4 Å². The molecule has 18 heavy (non-hydrogen) atoms. The average Bonchev–Trinajstić information content (AvgIpc) is 2.84. The van der Waals surface area contributed by atoms with Crippen LogP contribution in [0.5, 0.6) is 0 Å². The standard InChI is InChI=1S/C12H21NO5/c1-2-3-4-5-6-11(14)10(13(15)16)9-12-17-7-8-18-12/h10,12H,2-9H2,1H3. The van der Waals surface area contributed by atoms with Crippen molar-refractivity contribution in [3.8, 4) is 0 Å². The summed E-state index contributed by atoms with van der Waals surface area (Å²) in [4.78, 5) is 22.2. The van der Waals surface area contributed by atoms with Gasteiger partial charge in [-0.3, -0.25) is 14.9 Å². The van der Waals surface area contributed by atoms with E-state index in [1.807, 2.05) is 0 Å². The molecular weight excluding hydrogens is 238 g/mol. The highest BCUT2D eigenvalue weighted by Gasteiger charge is 2.34. The largest absolute Gasteiger partial charge is 0.350 e. The molecule has 0 radical (unpaired) electrons. The van der Waals surface area contributed by atoms with Crippen LogP contribution in [0.15, 0.2) is 0 Å². The Hall–Kier alpha value is -1.01. The summed E-state index contributed by atoms with van der Waals surface area (Å²) in [5, 5.41) is 10.9.